The molecule has 3 N–H and O–H groups in total. The van der Waals surface area contributed by atoms with Gasteiger partial charge in [-0.1, -0.05) is 17.8 Å². The average Bonchev–Trinajstić information content (AvgIpc) is 2.71. The van der Waals surface area contributed by atoms with Gasteiger partial charge in [-0.25, -0.2) is 4.79 Å². The van der Waals surface area contributed by atoms with Gasteiger partial charge in [0.15, 0.2) is 0 Å². The molecule has 1 aliphatic heterocycles. The highest BCUT2D eigenvalue weighted by Gasteiger charge is 2.28. The molecule has 7 heteroatoms. The van der Waals surface area contributed by atoms with Crippen molar-refractivity contribution in [2.24, 2.45) is 0 Å². The number of ether oxygens (including phenoxy) is 1. The van der Waals surface area contributed by atoms with Gasteiger partial charge in [0.2, 0.25) is 0 Å². The quantitative estimate of drug-likeness (QED) is 0.538. The Balaban J connectivity index is 1.76. The highest BCUT2D eigenvalue weighted by molar-refractivity contribution is 7.99. The molecule has 4 rings (SSSR count). The third-order valence-corrected chi connectivity index (χ3v) is 5.58. The van der Waals surface area contributed by atoms with Gasteiger partial charge in [-0.15, -0.1) is 0 Å². The van der Waals surface area contributed by atoms with Crippen molar-refractivity contribution in [1.82, 2.24) is 0 Å². The predicted octanol–water partition coefficient (Wildman–Crippen LogP) is 4.77. The van der Waals surface area contributed by atoms with Crippen LogP contribution in [0.3, 0.4) is 0 Å². The first-order valence-electron chi connectivity index (χ1n) is 8.59. The Bertz CT molecular complexity index is 1040. The number of methoxy groups -OCH3 is 1. The summed E-state index contributed by atoms with van der Waals surface area (Å²) in [6.07, 6.45) is 0. The maximum absolute atomic E-state index is 11.8. The van der Waals surface area contributed by atoms with Gasteiger partial charge >= 0.3 is 5.97 Å². The van der Waals surface area contributed by atoms with Crippen LogP contribution in [0, 0.1) is 0 Å². The van der Waals surface area contributed by atoms with Crippen LogP contribution in [-0.4, -0.2) is 30.0 Å². The number of nitrogens with zero attached hydrogens (tertiary/aromatic N) is 1. The molecule has 0 unspecified atom stereocenters. The number of carboxylic acids is 1. The number of benzene rings is 3. The zero-order chi connectivity index (χ0) is 19.7. The minimum atomic E-state index is -0.968. The lowest BCUT2D eigenvalue weighted by atomic mass is 10.1. The van der Waals surface area contributed by atoms with Crippen molar-refractivity contribution < 1.29 is 19.7 Å². The van der Waals surface area contributed by atoms with E-state index in [1.54, 1.807) is 43.5 Å². The maximum Gasteiger partial charge on any atom is 0.337 e. The van der Waals surface area contributed by atoms with Crippen LogP contribution in [-0.2, 0) is 0 Å². The number of carboxylic acid groups (broad SMARTS) is 1. The van der Waals surface area contributed by atoms with Gasteiger partial charge in [-0.3, -0.25) is 0 Å². The first-order valence-corrected chi connectivity index (χ1v) is 9.41. The van der Waals surface area contributed by atoms with Crippen molar-refractivity contribution in [2.45, 2.75) is 9.79 Å². The molecule has 0 spiro atoms. The number of nitrogens with one attached hydrogen (secondary N) is 1. The number of carbonyl (C=O) groups is 1. The molecule has 0 aliphatic carbocycles. The SMILES string of the molecule is COc1ccc2c(c1)Sc1cccc(C(=O)O)c1N2CNc1ccc(O)cc1. The summed E-state index contributed by atoms with van der Waals surface area (Å²) in [5, 5.41) is 22.5. The molecule has 0 fully saturated rings. The molecule has 0 amide bonds. The van der Waals surface area contributed by atoms with Crippen LogP contribution >= 0.6 is 11.8 Å². The van der Waals surface area contributed by atoms with Crippen LogP contribution in [0.2, 0.25) is 0 Å². The van der Waals surface area contributed by atoms with Crippen LogP contribution in [0.4, 0.5) is 17.1 Å². The molecule has 6 nitrogen and oxygen atoms in total. The standard InChI is InChI=1S/C21H18N2O4S/c1-27-15-9-10-17-19(11-15)28-18-4-2-3-16(21(25)26)20(18)23(17)12-22-13-5-7-14(24)8-6-13/h2-11,22,24H,12H2,1H3,(H,25,26). The average molecular weight is 394 g/mol. The largest absolute Gasteiger partial charge is 0.508 e. The van der Waals surface area contributed by atoms with Gasteiger partial charge < -0.3 is 25.2 Å². The Kier molecular flexibility index (Phi) is 4.75. The summed E-state index contributed by atoms with van der Waals surface area (Å²) >= 11 is 1.53. The second kappa shape index (κ2) is 7.36. The summed E-state index contributed by atoms with van der Waals surface area (Å²) in [7, 11) is 1.62. The number of aromatic carboxylic acids is 1. The van der Waals surface area contributed by atoms with Gasteiger partial charge in [0, 0.05) is 15.5 Å². The summed E-state index contributed by atoms with van der Waals surface area (Å²) in [6, 6.07) is 17.8. The third kappa shape index (κ3) is 3.32. The van der Waals surface area contributed by atoms with Crippen molar-refractivity contribution in [2.75, 3.05) is 24.0 Å². The molecule has 0 saturated carbocycles. The molecular weight excluding hydrogens is 376 g/mol. The Morgan fingerprint density at radius 3 is 2.61 bits per heavy atom. The van der Waals surface area contributed by atoms with E-state index in [-0.39, 0.29) is 11.3 Å². The fraction of sp³-hybridized carbons (Fsp3) is 0.0952. The molecule has 142 valence electrons. The Labute approximate surface area is 166 Å². The van der Waals surface area contributed by atoms with Crippen molar-refractivity contribution in [3.8, 4) is 11.5 Å². The number of phenols is 1. The molecular formula is C21H18N2O4S. The van der Waals surface area contributed by atoms with Gasteiger partial charge in [-0.05, 0) is 54.6 Å². The minimum Gasteiger partial charge on any atom is -0.508 e. The van der Waals surface area contributed by atoms with Crippen LogP contribution in [0.15, 0.2) is 70.5 Å². The second-order valence-electron chi connectivity index (χ2n) is 6.20. The summed E-state index contributed by atoms with van der Waals surface area (Å²) in [5.41, 5.74) is 2.63. The smallest absolute Gasteiger partial charge is 0.337 e. The minimum absolute atomic E-state index is 0.191. The lowest BCUT2D eigenvalue weighted by Gasteiger charge is -2.34. The molecule has 3 aromatic carbocycles. The highest BCUT2D eigenvalue weighted by atomic mass is 32.2. The molecule has 0 bridgehead atoms. The Morgan fingerprint density at radius 2 is 1.89 bits per heavy atom. The maximum atomic E-state index is 11.8. The third-order valence-electron chi connectivity index (χ3n) is 4.49. The first-order chi connectivity index (χ1) is 13.6. The summed E-state index contributed by atoms with van der Waals surface area (Å²) in [6.45, 7) is 0.363. The monoisotopic (exact) mass is 394 g/mol. The fourth-order valence-corrected chi connectivity index (χ4v) is 4.29. The van der Waals surface area contributed by atoms with Crippen LogP contribution in [0.1, 0.15) is 10.4 Å². The molecule has 0 saturated heterocycles. The van der Waals surface area contributed by atoms with E-state index in [9.17, 15) is 15.0 Å². The summed E-state index contributed by atoms with van der Waals surface area (Å²) < 4.78 is 5.34. The van der Waals surface area contributed by atoms with Crippen LogP contribution in [0.5, 0.6) is 11.5 Å². The predicted molar refractivity (Wildman–Crippen MR) is 109 cm³/mol. The van der Waals surface area contributed by atoms with E-state index in [1.807, 2.05) is 29.2 Å². The molecule has 1 aliphatic rings. The molecule has 28 heavy (non-hydrogen) atoms. The van der Waals surface area contributed by atoms with Crippen molar-refractivity contribution in [3.05, 3.63) is 66.2 Å². The highest BCUT2D eigenvalue weighted by Crippen LogP contribution is 2.50. The number of hydrogen-bond acceptors (Lipinski definition) is 6. The lowest BCUT2D eigenvalue weighted by Crippen LogP contribution is -2.28. The summed E-state index contributed by atoms with van der Waals surface area (Å²) in [5.74, 6) is -0.0320. The van der Waals surface area contributed by atoms with Gasteiger partial charge in [0.1, 0.15) is 11.5 Å². The second-order valence-corrected chi connectivity index (χ2v) is 7.29. The molecule has 0 atom stereocenters. The van der Waals surface area contributed by atoms with E-state index in [0.717, 1.165) is 26.9 Å². The number of phenolic OH excluding ortho intramolecular Hbond substituents is 1. The van der Waals surface area contributed by atoms with E-state index in [2.05, 4.69) is 5.32 Å². The molecule has 0 radical (unpaired) electrons. The van der Waals surface area contributed by atoms with Gasteiger partial charge in [-0.2, -0.15) is 0 Å². The molecule has 3 aromatic rings. The molecule has 1 heterocycles. The van der Waals surface area contributed by atoms with E-state index < -0.39 is 5.97 Å². The van der Waals surface area contributed by atoms with Crippen LogP contribution < -0.4 is 15.0 Å². The Hall–Kier alpha value is -3.32. The zero-order valence-electron chi connectivity index (χ0n) is 15.0. The topological polar surface area (TPSA) is 82.0 Å². The number of aromatic hydroxyl groups is 1. The number of para-hydroxylation sites is 1. The van der Waals surface area contributed by atoms with Gasteiger partial charge in [0.25, 0.3) is 0 Å². The van der Waals surface area contributed by atoms with E-state index in [0.29, 0.717) is 12.4 Å². The first kappa shape index (κ1) is 18.1. The van der Waals surface area contributed by atoms with E-state index in [1.165, 1.54) is 11.8 Å². The van der Waals surface area contributed by atoms with Crippen molar-refractivity contribution >= 4 is 34.8 Å². The van der Waals surface area contributed by atoms with E-state index in [4.69, 9.17) is 4.74 Å². The van der Waals surface area contributed by atoms with Crippen molar-refractivity contribution in [1.29, 1.82) is 0 Å². The fourth-order valence-electron chi connectivity index (χ4n) is 3.13. The van der Waals surface area contributed by atoms with Crippen molar-refractivity contribution in [3.63, 3.8) is 0 Å². The number of fused-ring (bicyclic) bond motifs is 2. The van der Waals surface area contributed by atoms with Crippen LogP contribution in [0.25, 0.3) is 0 Å². The number of hydrogen-bond donors (Lipinski definition) is 3. The Morgan fingerprint density at radius 1 is 1.11 bits per heavy atom. The molecule has 0 aromatic heterocycles. The lowest BCUT2D eigenvalue weighted by molar-refractivity contribution is 0.0697. The number of anilines is 3. The van der Waals surface area contributed by atoms with E-state index >= 15 is 0 Å². The van der Waals surface area contributed by atoms with Gasteiger partial charge in [0.05, 0.1) is 30.7 Å². The number of rotatable bonds is 5. The normalized spacial score (nSPS) is 12.1. The summed E-state index contributed by atoms with van der Waals surface area (Å²) in [4.78, 5) is 15.7. The zero-order valence-corrected chi connectivity index (χ0v) is 15.9.